The summed E-state index contributed by atoms with van der Waals surface area (Å²) >= 11 is 0. The Balaban J connectivity index is 2.08. The minimum Gasteiger partial charge on any atom is -0.373 e. The molecule has 1 aromatic heterocycles. The van der Waals surface area contributed by atoms with Crippen molar-refractivity contribution >= 4 is 0 Å². The Morgan fingerprint density at radius 2 is 2.24 bits per heavy atom. The molecule has 2 rings (SSSR count). The molecule has 1 aliphatic heterocycles. The number of rotatable bonds is 4. The molecular weight excluding hydrogens is 218 g/mol. The zero-order valence-electron chi connectivity index (χ0n) is 10.8. The van der Waals surface area contributed by atoms with E-state index >= 15 is 0 Å². The summed E-state index contributed by atoms with van der Waals surface area (Å²) in [6.07, 6.45) is 3.43. The Labute approximate surface area is 102 Å². The first-order valence-electron chi connectivity index (χ1n) is 6.32. The molecule has 5 nitrogen and oxygen atoms in total. The summed E-state index contributed by atoms with van der Waals surface area (Å²) in [5, 5.41) is 7.43. The number of ether oxygens (including phenoxy) is 1. The van der Waals surface area contributed by atoms with Gasteiger partial charge in [0.15, 0.2) is 0 Å². The summed E-state index contributed by atoms with van der Waals surface area (Å²) in [5.74, 6) is 1.69. The third-order valence-electron chi connectivity index (χ3n) is 3.18. The van der Waals surface area contributed by atoms with Crippen molar-refractivity contribution in [3.8, 4) is 0 Å². The van der Waals surface area contributed by atoms with Gasteiger partial charge >= 0.3 is 0 Å². The van der Waals surface area contributed by atoms with Crippen molar-refractivity contribution in [3.63, 3.8) is 0 Å². The Morgan fingerprint density at radius 3 is 2.82 bits per heavy atom. The highest BCUT2D eigenvalue weighted by atomic mass is 16.5. The van der Waals surface area contributed by atoms with Crippen LogP contribution >= 0.6 is 0 Å². The number of nitrogens with one attached hydrogen (secondary N) is 1. The molecule has 1 saturated heterocycles. The summed E-state index contributed by atoms with van der Waals surface area (Å²) in [5.41, 5.74) is 0. The first kappa shape index (κ1) is 12.5. The van der Waals surface area contributed by atoms with Gasteiger partial charge in [-0.15, -0.1) is 0 Å². The van der Waals surface area contributed by atoms with Crippen molar-refractivity contribution in [3.05, 3.63) is 11.7 Å². The van der Waals surface area contributed by atoms with Crippen LogP contribution in [0.1, 0.15) is 57.0 Å². The molecular formula is C12H21N3O2. The molecule has 1 unspecified atom stereocenters. The molecule has 0 bridgehead atoms. The fourth-order valence-electron chi connectivity index (χ4n) is 2.24. The van der Waals surface area contributed by atoms with Gasteiger partial charge in [0.25, 0.3) is 0 Å². The SMILES string of the molecule is COC(c1noc([C@H]2CCCCN2)n1)C(C)C. The Bertz CT molecular complexity index is 345. The van der Waals surface area contributed by atoms with Gasteiger partial charge in [-0.2, -0.15) is 4.98 Å². The largest absolute Gasteiger partial charge is 0.373 e. The molecule has 2 heterocycles. The van der Waals surface area contributed by atoms with Crippen molar-refractivity contribution in [2.75, 3.05) is 13.7 Å². The highest BCUT2D eigenvalue weighted by Gasteiger charge is 2.25. The molecule has 1 aliphatic rings. The number of hydrogen-bond donors (Lipinski definition) is 1. The van der Waals surface area contributed by atoms with Crippen molar-refractivity contribution in [1.82, 2.24) is 15.5 Å². The van der Waals surface area contributed by atoms with E-state index in [1.807, 2.05) is 0 Å². The summed E-state index contributed by atoms with van der Waals surface area (Å²) in [7, 11) is 1.68. The lowest BCUT2D eigenvalue weighted by molar-refractivity contribution is 0.0555. The van der Waals surface area contributed by atoms with Crippen LogP contribution in [0.25, 0.3) is 0 Å². The number of nitrogens with zero attached hydrogens (tertiary/aromatic N) is 2. The van der Waals surface area contributed by atoms with Gasteiger partial charge in [0.2, 0.25) is 11.7 Å². The average molecular weight is 239 g/mol. The van der Waals surface area contributed by atoms with E-state index in [4.69, 9.17) is 9.26 Å². The summed E-state index contributed by atoms with van der Waals surface area (Å²) in [6, 6.07) is 0.217. The molecule has 1 fully saturated rings. The monoisotopic (exact) mass is 239 g/mol. The van der Waals surface area contributed by atoms with Crippen LogP contribution in [0.5, 0.6) is 0 Å². The summed E-state index contributed by atoms with van der Waals surface area (Å²) in [6.45, 7) is 5.20. The van der Waals surface area contributed by atoms with E-state index in [-0.39, 0.29) is 12.1 Å². The molecule has 1 aromatic rings. The van der Waals surface area contributed by atoms with Gasteiger partial charge in [-0.3, -0.25) is 0 Å². The van der Waals surface area contributed by atoms with Crippen LogP contribution < -0.4 is 5.32 Å². The molecule has 0 spiro atoms. The minimum absolute atomic E-state index is 0.0870. The van der Waals surface area contributed by atoms with Crippen molar-refractivity contribution in [2.45, 2.75) is 45.3 Å². The van der Waals surface area contributed by atoms with Crippen LogP contribution in [0, 0.1) is 5.92 Å². The van der Waals surface area contributed by atoms with Gasteiger partial charge in [-0.25, -0.2) is 0 Å². The smallest absolute Gasteiger partial charge is 0.243 e. The molecule has 0 aliphatic carbocycles. The summed E-state index contributed by atoms with van der Waals surface area (Å²) < 4.78 is 10.7. The van der Waals surface area contributed by atoms with Crippen LogP contribution in [-0.4, -0.2) is 23.8 Å². The van der Waals surface area contributed by atoms with E-state index < -0.39 is 0 Å². The van der Waals surface area contributed by atoms with Crippen molar-refractivity contribution < 1.29 is 9.26 Å². The Morgan fingerprint density at radius 1 is 1.41 bits per heavy atom. The maximum absolute atomic E-state index is 5.39. The maximum Gasteiger partial charge on any atom is 0.243 e. The molecule has 0 aromatic carbocycles. The van der Waals surface area contributed by atoms with Gasteiger partial charge in [0.05, 0.1) is 6.04 Å². The van der Waals surface area contributed by atoms with Gasteiger partial charge in [-0.05, 0) is 25.3 Å². The molecule has 0 amide bonds. The molecule has 96 valence electrons. The van der Waals surface area contributed by atoms with E-state index in [1.165, 1.54) is 12.8 Å². The van der Waals surface area contributed by atoms with Gasteiger partial charge in [-0.1, -0.05) is 25.4 Å². The quantitative estimate of drug-likeness (QED) is 0.873. The fourth-order valence-corrected chi connectivity index (χ4v) is 2.24. The lowest BCUT2D eigenvalue weighted by Crippen LogP contribution is -2.27. The van der Waals surface area contributed by atoms with Crippen molar-refractivity contribution in [2.24, 2.45) is 5.92 Å². The standard InChI is InChI=1S/C12H21N3O2/c1-8(2)10(16-3)11-14-12(17-15-11)9-6-4-5-7-13-9/h8-10,13H,4-7H2,1-3H3/t9-,10?/m1/s1. The fraction of sp³-hybridized carbons (Fsp3) is 0.833. The first-order valence-corrected chi connectivity index (χ1v) is 6.32. The highest BCUT2D eigenvalue weighted by Crippen LogP contribution is 2.26. The molecule has 0 radical (unpaired) electrons. The van der Waals surface area contributed by atoms with Crippen LogP contribution in [0.4, 0.5) is 0 Å². The van der Waals surface area contributed by atoms with E-state index in [2.05, 4.69) is 29.3 Å². The second-order valence-corrected chi connectivity index (χ2v) is 4.89. The molecule has 2 atom stereocenters. The van der Waals surface area contributed by atoms with E-state index in [1.54, 1.807) is 7.11 Å². The second kappa shape index (κ2) is 5.60. The van der Waals surface area contributed by atoms with Crippen LogP contribution in [0.3, 0.4) is 0 Å². The van der Waals surface area contributed by atoms with Gasteiger partial charge < -0.3 is 14.6 Å². The van der Waals surface area contributed by atoms with E-state index in [0.29, 0.717) is 17.6 Å². The zero-order valence-corrected chi connectivity index (χ0v) is 10.8. The predicted octanol–water partition coefficient (Wildman–Crippen LogP) is 2.23. The summed E-state index contributed by atoms with van der Waals surface area (Å²) in [4.78, 5) is 4.46. The molecule has 5 heteroatoms. The third kappa shape index (κ3) is 2.84. The second-order valence-electron chi connectivity index (χ2n) is 4.89. The highest BCUT2D eigenvalue weighted by molar-refractivity contribution is 4.97. The van der Waals surface area contributed by atoms with Gasteiger partial charge in [0.1, 0.15) is 6.10 Å². The average Bonchev–Trinajstić information content (AvgIpc) is 2.80. The van der Waals surface area contributed by atoms with Crippen LogP contribution in [0.15, 0.2) is 4.52 Å². The molecule has 1 N–H and O–H groups in total. The van der Waals surface area contributed by atoms with Crippen LogP contribution in [-0.2, 0) is 4.74 Å². The van der Waals surface area contributed by atoms with Crippen molar-refractivity contribution in [1.29, 1.82) is 0 Å². The topological polar surface area (TPSA) is 60.2 Å². The number of piperidine rings is 1. The first-order chi connectivity index (χ1) is 8.22. The minimum atomic E-state index is -0.0870. The van der Waals surface area contributed by atoms with E-state index in [9.17, 15) is 0 Å². The maximum atomic E-state index is 5.39. The zero-order chi connectivity index (χ0) is 12.3. The Hall–Kier alpha value is -0.940. The lowest BCUT2D eigenvalue weighted by atomic mass is 10.0. The molecule has 0 saturated carbocycles. The molecule has 17 heavy (non-hydrogen) atoms. The third-order valence-corrected chi connectivity index (χ3v) is 3.18. The number of methoxy groups -OCH3 is 1. The van der Waals surface area contributed by atoms with Gasteiger partial charge in [0, 0.05) is 7.11 Å². The van der Waals surface area contributed by atoms with E-state index in [0.717, 1.165) is 13.0 Å². The number of aromatic nitrogens is 2. The number of hydrogen-bond acceptors (Lipinski definition) is 5. The Kier molecular flexibility index (Phi) is 4.12. The normalized spacial score (nSPS) is 22.9. The predicted molar refractivity (Wildman–Crippen MR) is 63.5 cm³/mol. The lowest BCUT2D eigenvalue weighted by Gasteiger charge is -2.19. The van der Waals surface area contributed by atoms with Crippen LogP contribution in [0.2, 0.25) is 0 Å².